The molecule has 1 aliphatic heterocycles. The van der Waals surface area contributed by atoms with Gasteiger partial charge in [-0.15, -0.1) is 0 Å². The van der Waals surface area contributed by atoms with Gasteiger partial charge >= 0.3 is 11.7 Å². The van der Waals surface area contributed by atoms with Gasteiger partial charge in [0.25, 0.3) is 5.91 Å². The molecular weight excluding hydrogens is 328 g/mol. The van der Waals surface area contributed by atoms with E-state index < -0.39 is 17.5 Å². The number of nitro groups is 1. The van der Waals surface area contributed by atoms with Crippen LogP contribution in [0.25, 0.3) is 0 Å². The monoisotopic (exact) mass is 350 g/mol. The van der Waals surface area contributed by atoms with Crippen LogP contribution in [0, 0.1) is 10.1 Å². The van der Waals surface area contributed by atoms with Crippen LogP contribution in [0.15, 0.2) is 24.3 Å². The second-order valence-corrected chi connectivity index (χ2v) is 6.10. The average Bonchev–Trinajstić information content (AvgIpc) is 2.58. The Balaban J connectivity index is 1.83. The topological polar surface area (TPSA) is 99.0 Å². The minimum atomic E-state index is -0.746. The Labute approximate surface area is 145 Å². The summed E-state index contributed by atoms with van der Waals surface area (Å²) >= 11 is 0. The van der Waals surface area contributed by atoms with Crippen LogP contribution >= 0.6 is 0 Å². The van der Waals surface area contributed by atoms with Gasteiger partial charge in [-0.3, -0.25) is 14.9 Å². The van der Waals surface area contributed by atoms with E-state index in [2.05, 4.69) is 0 Å². The van der Waals surface area contributed by atoms with Crippen molar-refractivity contribution in [2.75, 3.05) is 13.2 Å². The van der Waals surface area contributed by atoms with Crippen LogP contribution in [-0.4, -0.2) is 47.0 Å². The summed E-state index contributed by atoms with van der Waals surface area (Å²) in [6.07, 6.45) is 2.95. The highest BCUT2D eigenvalue weighted by molar-refractivity contribution is 5.81. The van der Waals surface area contributed by atoms with Crippen molar-refractivity contribution in [2.24, 2.45) is 0 Å². The van der Waals surface area contributed by atoms with Crippen LogP contribution < -0.4 is 4.74 Å². The number of nitro benzene ring substituents is 1. The van der Waals surface area contributed by atoms with Crippen molar-refractivity contribution < 1.29 is 24.0 Å². The first-order chi connectivity index (χ1) is 11.9. The number of hydrogen-bond acceptors (Lipinski definition) is 6. The van der Waals surface area contributed by atoms with E-state index in [1.54, 1.807) is 11.0 Å². The highest BCUT2D eigenvalue weighted by atomic mass is 16.6. The average molecular weight is 350 g/mol. The van der Waals surface area contributed by atoms with Crippen molar-refractivity contribution in [3.63, 3.8) is 0 Å². The third kappa shape index (κ3) is 4.91. The van der Waals surface area contributed by atoms with E-state index in [1.165, 1.54) is 18.2 Å². The zero-order valence-electron chi connectivity index (χ0n) is 14.3. The number of esters is 1. The normalized spacial score (nSPS) is 20.0. The summed E-state index contributed by atoms with van der Waals surface area (Å²) in [5, 5.41) is 10.9. The first-order valence-corrected chi connectivity index (χ1v) is 8.23. The summed E-state index contributed by atoms with van der Waals surface area (Å²) in [5.74, 6) is -1.00. The second-order valence-electron chi connectivity index (χ2n) is 6.10. The van der Waals surface area contributed by atoms with Gasteiger partial charge in [-0.05, 0) is 39.2 Å². The van der Waals surface area contributed by atoms with Crippen LogP contribution in [0.1, 0.15) is 33.1 Å². The number of amides is 1. The van der Waals surface area contributed by atoms with Crippen LogP contribution in [-0.2, 0) is 14.3 Å². The van der Waals surface area contributed by atoms with Crippen molar-refractivity contribution in [2.45, 2.75) is 45.2 Å². The molecule has 25 heavy (non-hydrogen) atoms. The Morgan fingerprint density at radius 1 is 1.20 bits per heavy atom. The lowest BCUT2D eigenvalue weighted by Crippen LogP contribution is -2.49. The van der Waals surface area contributed by atoms with Gasteiger partial charge in [0.15, 0.2) is 19.0 Å². The number of benzene rings is 1. The first kappa shape index (κ1) is 18.7. The van der Waals surface area contributed by atoms with E-state index in [0.29, 0.717) is 0 Å². The highest BCUT2D eigenvalue weighted by Gasteiger charge is 2.29. The number of ether oxygens (including phenoxy) is 2. The van der Waals surface area contributed by atoms with E-state index in [9.17, 15) is 19.7 Å². The Morgan fingerprint density at radius 2 is 1.84 bits per heavy atom. The fraction of sp³-hybridized carbons (Fsp3) is 0.529. The summed E-state index contributed by atoms with van der Waals surface area (Å²) in [5.41, 5.74) is -0.234. The van der Waals surface area contributed by atoms with Gasteiger partial charge in [-0.2, -0.15) is 0 Å². The maximum Gasteiger partial charge on any atom is 0.344 e. The minimum Gasteiger partial charge on any atom is -0.475 e. The smallest absolute Gasteiger partial charge is 0.344 e. The summed E-state index contributed by atoms with van der Waals surface area (Å²) in [6.45, 7) is 3.11. The minimum absolute atomic E-state index is 0.0194. The molecule has 1 fully saturated rings. The zero-order chi connectivity index (χ0) is 18.4. The highest BCUT2D eigenvalue weighted by Crippen LogP contribution is 2.25. The molecule has 1 heterocycles. The molecule has 1 aromatic rings. The van der Waals surface area contributed by atoms with Gasteiger partial charge in [0.1, 0.15) is 0 Å². The molecule has 0 aliphatic carbocycles. The number of rotatable bonds is 6. The van der Waals surface area contributed by atoms with E-state index in [0.717, 1.165) is 19.3 Å². The number of piperidine rings is 1. The molecule has 0 spiro atoms. The number of para-hydroxylation sites is 2. The second kappa shape index (κ2) is 8.46. The van der Waals surface area contributed by atoms with E-state index in [1.807, 2.05) is 13.8 Å². The maximum atomic E-state index is 12.3. The Morgan fingerprint density at radius 3 is 2.48 bits per heavy atom. The number of likely N-dealkylation sites (tertiary alicyclic amines) is 1. The van der Waals surface area contributed by atoms with Gasteiger partial charge in [0, 0.05) is 18.2 Å². The van der Waals surface area contributed by atoms with Crippen LogP contribution in [0.4, 0.5) is 5.69 Å². The SMILES string of the molecule is C[C@@H]1CCC[C@@H](C)N1C(=O)COC(=O)COc1ccccc1[N+](=O)[O-]. The molecule has 0 aromatic heterocycles. The fourth-order valence-electron chi connectivity index (χ4n) is 3.04. The molecule has 2 rings (SSSR count). The summed E-state index contributed by atoms with van der Waals surface area (Å²) in [7, 11) is 0. The molecule has 0 radical (unpaired) electrons. The standard InChI is InChI=1S/C17H22N2O6/c1-12-6-5-7-13(2)18(12)16(20)10-25-17(21)11-24-15-9-4-3-8-14(15)19(22)23/h3-4,8-9,12-13H,5-7,10-11H2,1-2H3/t12-,13-/m1/s1. The molecule has 0 unspecified atom stereocenters. The third-order valence-corrected chi connectivity index (χ3v) is 4.25. The van der Waals surface area contributed by atoms with Crippen molar-refractivity contribution in [1.29, 1.82) is 0 Å². The Hall–Kier alpha value is -2.64. The number of carbonyl (C=O) groups is 2. The van der Waals surface area contributed by atoms with Gasteiger partial charge in [0.05, 0.1) is 4.92 Å². The van der Waals surface area contributed by atoms with E-state index in [4.69, 9.17) is 9.47 Å². The Bertz CT molecular complexity index is 638. The molecule has 0 bridgehead atoms. The van der Waals surface area contributed by atoms with Gasteiger partial charge < -0.3 is 14.4 Å². The van der Waals surface area contributed by atoms with Gasteiger partial charge in [-0.1, -0.05) is 12.1 Å². The predicted molar refractivity (Wildman–Crippen MR) is 89.2 cm³/mol. The summed E-state index contributed by atoms with van der Waals surface area (Å²) in [6, 6.07) is 5.99. The molecule has 1 saturated heterocycles. The van der Waals surface area contributed by atoms with Crippen molar-refractivity contribution >= 4 is 17.6 Å². The van der Waals surface area contributed by atoms with Crippen LogP contribution in [0.3, 0.4) is 0 Å². The number of hydrogen-bond donors (Lipinski definition) is 0. The first-order valence-electron chi connectivity index (χ1n) is 8.23. The molecule has 2 atom stereocenters. The third-order valence-electron chi connectivity index (χ3n) is 4.25. The lowest BCUT2D eigenvalue weighted by Gasteiger charge is -2.38. The Kier molecular flexibility index (Phi) is 6.32. The number of carbonyl (C=O) groups excluding carboxylic acids is 2. The van der Waals surface area contributed by atoms with Crippen LogP contribution in [0.2, 0.25) is 0 Å². The van der Waals surface area contributed by atoms with Crippen molar-refractivity contribution in [3.8, 4) is 5.75 Å². The summed E-state index contributed by atoms with van der Waals surface area (Å²) in [4.78, 5) is 36.1. The largest absolute Gasteiger partial charge is 0.475 e. The molecule has 1 amide bonds. The molecule has 0 saturated carbocycles. The van der Waals surface area contributed by atoms with Crippen molar-refractivity contribution in [1.82, 2.24) is 4.90 Å². The lowest BCUT2D eigenvalue weighted by molar-refractivity contribution is -0.385. The van der Waals surface area contributed by atoms with Gasteiger partial charge in [-0.25, -0.2) is 4.79 Å². The molecule has 1 aromatic carbocycles. The lowest BCUT2D eigenvalue weighted by atomic mass is 9.97. The molecular formula is C17H22N2O6. The number of nitrogens with zero attached hydrogens (tertiary/aromatic N) is 2. The maximum absolute atomic E-state index is 12.3. The molecule has 8 nitrogen and oxygen atoms in total. The van der Waals surface area contributed by atoms with Crippen LogP contribution in [0.5, 0.6) is 5.75 Å². The molecule has 136 valence electrons. The molecule has 0 N–H and O–H groups in total. The zero-order valence-corrected chi connectivity index (χ0v) is 14.3. The quantitative estimate of drug-likeness (QED) is 0.443. The molecule has 1 aliphatic rings. The molecule has 8 heteroatoms. The van der Waals surface area contributed by atoms with Crippen molar-refractivity contribution in [3.05, 3.63) is 34.4 Å². The summed E-state index contributed by atoms with van der Waals surface area (Å²) < 4.78 is 10.1. The fourth-order valence-corrected chi connectivity index (χ4v) is 3.04. The van der Waals surface area contributed by atoms with Gasteiger partial charge in [0.2, 0.25) is 0 Å². The van der Waals surface area contributed by atoms with E-state index >= 15 is 0 Å². The van der Waals surface area contributed by atoms with E-state index in [-0.39, 0.29) is 36.0 Å². The predicted octanol–water partition coefficient (Wildman–Crippen LogP) is 2.31.